The number of methoxy groups -OCH3 is 1. The maximum absolute atomic E-state index is 5.72. The van der Waals surface area contributed by atoms with Gasteiger partial charge in [0.05, 0.1) is 11.8 Å². The average Bonchev–Trinajstić information content (AvgIpc) is 2.62. The molecule has 0 bridgehead atoms. The Balaban J connectivity index is 1.99. The Labute approximate surface area is 136 Å². The van der Waals surface area contributed by atoms with Crippen molar-refractivity contribution < 1.29 is 4.74 Å². The normalized spacial score (nSPS) is 15.8. The van der Waals surface area contributed by atoms with Gasteiger partial charge < -0.3 is 15.4 Å². The number of nitrogen functional groups attached to an aromatic ring is 1. The summed E-state index contributed by atoms with van der Waals surface area (Å²) in [6, 6.07) is 3.81. The molecule has 6 heteroatoms. The summed E-state index contributed by atoms with van der Waals surface area (Å²) < 4.78 is 5.46. The predicted octanol–water partition coefficient (Wildman–Crippen LogP) is 2.30. The average molecular weight is 313 g/mol. The number of pyridine rings is 1. The summed E-state index contributed by atoms with van der Waals surface area (Å²) in [4.78, 5) is 15.6. The fourth-order valence-electron chi connectivity index (χ4n) is 3.07. The van der Waals surface area contributed by atoms with E-state index < -0.39 is 0 Å². The Morgan fingerprint density at radius 2 is 2.00 bits per heavy atom. The number of rotatable bonds is 4. The van der Waals surface area contributed by atoms with E-state index in [2.05, 4.69) is 26.8 Å². The molecule has 0 unspecified atom stereocenters. The van der Waals surface area contributed by atoms with E-state index in [1.807, 2.05) is 12.1 Å². The van der Waals surface area contributed by atoms with E-state index in [4.69, 9.17) is 10.5 Å². The fourth-order valence-corrected chi connectivity index (χ4v) is 3.07. The van der Waals surface area contributed by atoms with Gasteiger partial charge in [-0.3, -0.25) is 0 Å². The van der Waals surface area contributed by atoms with Gasteiger partial charge in [-0.1, -0.05) is 6.92 Å². The van der Waals surface area contributed by atoms with Crippen molar-refractivity contribution in [1.29, 1.82) is 0 Å². The maximum Gasteiger partial charge on any atom is 0.140 e. The highest BCUT2D eigenvalue weighted by Gasteiger charge is 2.23. The van der Waals surface area contributed by atoms with Crippen molar-refractivity contribution in [2.75, 3.05) is 30.8 Å². The minimum absolute atomic E-state index is 0.348. The van der Waals surface area contributed by atoms with Gasteiger partial charge in [0.2, 0.25) is 0 Å². The van der Waals surface area contributed by atoms with Gasteiger partial charge in [0.25, 0.3) is 0 Å². The summed E-state index contributed by atoms with van der Waals surface area (Å²) in [5.74, 6) is 1.50. The number of piperidine rings is 1. The monoisotopic (exact) mass is 313 g/mol. The van der Waals surface area contributed by atoms with Crippen LogP contribution < -0.4 is 10.6 Å². The molecule has 0 atom stereocenters. The first-order valence-corrected chi connectivity index (χ1v) is 8.06. The van der Waals surface area contributed by atoms with E-state index in [9.17, 15) is 0 Å². The number of aryl methyl sites for hydroxylation is 1. The Morgan fingerprint density at radius 3 is 2.61 bits per heavy atom. The zero-order valence-electron chi connectivity index (χ0n) is 13.7. The molecule has 2 aromatic heterocycles. The molecule has 2 aromatic rings. The quantitative estimate of drug-likeness (QED) is 0.933. The van der Waals surface area contributed by atoms with Crippen molar-refractivity contribution in [2.45, 2.75) is 32.3 Å². The molecule has 6 nitrogen and oxygen atoms in total. The summed E-state index contributed by atoms with van der Waals surface area (Å²) >= 11 is 0. The maximum atomic E-state index is 5.72. The first-order valence-electron chi connectivity index (χ1n) is 8.06. The molecule has 0 amide bonds. The number of anilines is 2. The topological polar surface area (TPSA) is 77.2 Å². The van der Waals surface area contributed by atoms with Crippen molar-refractivity contribution in [3.8, 4) is 11.1 Å². The standard InChI is InChI=1S/C17H23N5O/c1-3-14-16(12-4-5-15(18)19-10-12)17(21-11-20-14)22-8-6-13(23-2)7-9-22/h4-5,10-11,13H,3,6-9H2,1-2H3,(H2,18,19). The van der Waals surface area contributed by atoms with Gasteiger partial charge in [0, 0.05) is 37.5 Å². The molecule has 3 heterocycles. The Morgan fingerprint density at radius 1 is 1.22 bits per heavy atom. The Hall–Kier alpha value is -2.21. The van der Waals surface area contributed by atoms with E-state index in [1.54, 1.807) is 19.6 Å². The van der Waals surface area contributed by atoms with Crippen LogP contribution in [0.2, 0.25) is 0 Å². The molecular weight excluding hydrogens is 290 g/mol. The lowest BCUT2D eigenvalue weighted by atomic mass is 10.0. The van der Waals surface area contributed by atoms with E-state index in [0.29, 0.717) is 11.9 Å². The number of nitrogens with zero attached hydrogens (tertiary/aromatic N) is 4. The number of aromatic nitrogens is 3. The molecule has 0 radical (unpaired) electrons. The van der Waals surface area contributed by atoms with Crippen LogP contribution in [0.4, 0.5) is 11.6 Å². The molecule has 1 fully saturated rings. The molecule has 1 saturated heterocycles. The lowest BCUT2D eigenvalue weighted by Crippen LogP contribution is -2.37. The van der Waals surface area contributed by atoms with E-state index >= 15 is 0 Å². The van der Waals surface area contributed by atoms with Crippen LogP contribution in [0, 0.1) is 0 Å². The van der Waals surface area contributed by atoms with Crippen molar-refractivity contribution in [3.63, 3.8) is 0 Å². The number of ether oxygens (including phenoxy) is 1. The van der Waals surface area contributed by atoms with Crippen LogP contribution in [-0.2, 0) is 11.2 Å². The van der Waals surface area contributed by atoms with Gasteiger partial charge in [-0.2, -0.15) is 0 Å². The highest BCUT2D eigenvalue weighted by molar-refractivity contribution is 5.77. The molecule has 122 valence electrons. The predicted molar refractivity (Wildman–Crippen MR) is 91.3 cm³/mol. The molecule has 3 rings (SSSR count). The van der Waals surface area contributed by atoms with Gasteiger partial charge >= 0.3 is 0 Å². The van der Waals surface area contributed by atoms with Crippen LogP contribution in [-0.4, -0.2) is 41.3 Å². The second kappa shape index (κ2) is 6.91. The second-order valence-electron chi connectivity index (χ2n) is 5.77. The lowest BCUT2D eigenvalue weighted by molar-refractivity contribution is 0.0818. The van der Waals surface area contributed by atoms with Crippen LogP contribution in [0.15, 0.2) is 24.7 Å². The minimum Gasteiger partial charge on any atom is -0.384 e. The fraction of sp³-hybridized carbons (Fsp3) is 0.471. The number of hydrogen-bond donors (Lipinski definition) is 1. The zero-order chi connectivity index (χ0) is 16.2. The van der Waals surface area contributed by atoms with Crippen molar-refractivity contribution >= 4 is 11.6 Å². The second-order valence-corrected chi connectivity index (χ2v) is 5.77. The number of hydrogen-bond acceptors (Lipinski definition) is 6. The van der Waals surface area contributed by atoms with Gasteiger partial charge in [-0.05, 0) is 31.4 Å². The smallest absolute Gasteiger partial charge is 0.140 e. The van der Waals surface area contributed by atoms with Gasteiger partial charge in [0.1, 0.15) is 18.0 Å². The van der Waals surface area contributed by atoms with Gasteiger partial charge in [0.15, 0.2) is 0 Å². The van der Waals surface area contributed by atoms with Crippen LogP contribution >= 0.6 is 0 Å². The Bertz CT molecular complexity index is 651. The van der Waals surface area contributed by atoms with Crippen LogP contribution in [0.25, 0.3) is 11.1 Å². The van der Waals surface area contributed by atoms with Crippen molar-refractivity contribution in [2.24, 2.45) is 0 Å². The van der Waals surface area contributed by atoms with Gasteiger partial charge in [-0.25, -0.2) is 15.0 Å². The van der Waals surface area contributed by atoms with E-state index in [0.717, 1.165) is 55.0 Å². The third kappa shape index (κ3) is 3.27. The molecular formula is C17H23N5O. The zero-order valence-corrected chi connectivity index (χ0v) is 13.7. The molecule has 2 N–H and O–H groups in total. The number of nitrogens with two attached hydrogens (primary N) is 1. The van der Waals surface area contributed by atoms with E-state index in [1.165, 1.54) is 0 Å². The van der Waals surface area contributed by atoms with Gasteiger partial charge in [-0.15, -0.1) is 0 Å². The summed E-state index contributed by atoms with van der Waals surface area (Å²) in [6.07, 6.45) is 6.69. The highest BCUT2D eigenvalue weighted by atomic mass is 16.5. The lowest BCUT2D eigenvalue weighted by Gasteiger charge is -2.33. The minimum atomic E-state index is 0.348. The Kier molecular flexibility index (Phi) is 4.71. The summed E-state index contributed by atoms with van der Waals surface area (Å²) in [5.41, 5.74) is 8.84. The molecule has 1 aliphatic heterocycles. The molecule has 23 heavy (non-hydrogen) atoms. The van der Waals surface area contributed by atoms with E-state index in [-0.39, 0.29) is 0 Å². The first-order chi connectivity index (χ1) is 11.2. The molecule has 0 aromatic carbocycles. The molecule has 0 aliphatic carbocycles. The molecule has 0 saturated carbocycles. The highest BCUT2D eigenvalue weighted by Crippen LogP contribution is 2.33. The largest absolute Gasteiger partial charge is 0.384 e. The summed E-state index contributed by atoms with van der Waals surface area (Å²) in [6.45, 7) is 3.99. The summed E-state index contributed by atoms with van der Waals surface area (Å²) in [5, 5.41) is 0. The molecule has 0 spiro atoms. The third-order valence-corrected chi connectivity index (χ3v) is 4.39. The van der Waals surface area contributed by atoms with Crippen molar-refractivity contribution in [3.05, 3.63) is 30.4 Å². The third-order valence-electron chi connectivity index (χ3n) is 4.39. The van der Waals surface area contributed by atoms with Crippen LogP contribution in [0.3, 0.4) is 0 Å². The van der Waals surface area contributed by atoms with Crippen LogP contribution in [0.5, 0.6) is 0 Å². The van der Waals surface area contributed by atoms with Crippen molar-refractivity contribution in [1.82, 2.24) is 15.0 Å². The van der Waals surface area contributed by atoms with Crippen LogP contribution in [0.1, 0.15) is 25.5 Å². The molecule has 1 aliphatic rings. The SMILES string of the molecule is CCc1ncnc(N2CCC(OC)CC2)c1-c1ccc(N)nc1. The summed E-state index contributed by atoms with van der Waals surface area (Å²) in [7, 11) is 1.78. The first kappa shape index (κ1) is 15.7.